The molecule has 0 aliphatic rings. The molecule has 0 unspecified atom stereocenters. The van der Waals surface area contributed by atoms with Crippen molar-refractivity contribution in [3.63, 3.8) is 0 Å². The van der Waals surface area contributed by atoms with Gasteiger partial charge in [-0.05, 0) is 45.9 Å². The molecule has 0 spiro atoms. The second kappa shape index (κ2) is 9.67. The minimum absolute atomic E-state index is 0.387. The summed E-state index contributed by atoms with van der Waals surface area (Å²) in [4.78, 5) is 0. The number of halogens is 1. The largest absolute Gasteiger partial charge is 0.302 e. The Hall–Kier alpha value is -2.40. The summed E-state index contributed by atoms with van der Waals surface area (Å²) in [6.07, 6.45) is 11.2. The van der Waals surface area contributed by atoms with Crippen LogP contribution in [0.5, 0.6) is 0 Å². The number of nitriles is 1. The summed E-state index contributed by atoms with van der Waals surface area (Å²) in [5.74, 6) is 0. The summed E-state index contributed by atoms with van der Waals surface area (Å²) in [7, 11) is 0. The fourth-order valence-electron chi connectivity index (χ4n) is 2.15. The summed E-state index contributed by atoms with van der Waals surface area (Å²) in [6.45, 7) is 5.13. The van der Waals surface area contributed by atoms with Gasteiger partial charge in [-0.15, -0.1) is 10.2 Å². The van der Waals surface area contributed by atoms with Crippen LogP contribution in [0, 0.1) is 14.9 Å². The molecule has 6 heteroatoms. The molecule has 24 heavy (non-hydrogen) atoms. The van der Waals surface area contributed by atoms with Crippen LogP contribution in [0.3, 0.4) is 0 Å². The van der Waals surface area contributed by atoms with E-state index < -0.39 is 0 Å². The molecule has 0 bridgehead atoms. The molecule has 0 aliphatic carbocycles. The van der Waals surface area contributed by atoms with Crippen LogP contribution >= 0.6 is 22.6 Å². The zero-order valence-corrected chi connectivity index (χ0v) is 15.4. The molecule has 5 nitrogen and oxygen atoms in total. The summed E-state index contributed by atoms with van der Waals surface area (Å²) in [6, 6.07) is 10.5. The minimum Gasteiger partial charge on any atom is -0.302 e. The number of hydrogen-bond acceptors (Lipinski definition) is 4. The molecule has 1 aromatic carbocycles. The van der Waals surface area contributed by atoms with Gasteiger partial charge in [0.2, 0.25) is 0 Å². The van der Waals surface area contributed by atoms with E-state index in [1.54, 1.807) is 18.7 Å². The van der Waals surface area contributed by atoms with Crippen molar-refractivity contribution >= 4 is 22.6 Å². The predicted molar refractivity (Wildman–Crippen MR) is 104 cm³/mol. The highest BCUT2D eigenvalue weighted by Crippen LogP contribution is 2.11. The van der Waals surface area contributed by atoms with Gasteiger partial charge < -0.3 is 5.01 Å². The molecule has 0 N–H and O–H groups in total. The smallest absolute Gasteiger partial charge is 0.139 e. The molecular weight excluding hydrogens is 413 g/mol. The van der Waals surface area contributed by atoms with Crippen molar-refractivity contribution < 1.29 is 0 Å². The Morgan fingerprint density at radius 1 is 1.29 bits per heavy atom. The monoisotopic (exact) mass is 431 g/mol. The first-order valence-corrected chi connectivity index (χ1v) is 8.50. The summed E-state index contributed by atoms with van der Waals surface area (Å²) < 4.78 is 3.08. The molecule has 0 aliphatic heterocycles. The van der Waals surface area contributed by atoms with E-state index in [-0.39, 0.29) is 0 Å². The molecule has 0 saturated heterocycles. The lowest BCUT2D eigenvalue weighted by atomic mass is 10.2. The SMILES string of the molecule is C=C/C=C(\C=C/CC#N)CN(Cc1ccc(I)cc1)n1cnnc1. The van der Waals surface area contributed by atoms with E-state index in [0.717, 1.165) is 12.1 Å². The first-order valence-electron chi connectivity index (χ1n) is 7.42. The Bertz CT molecular complexity index is 739. The van der Waals surface area contributed by atoms with Gasteiger partial charge in [0, 0.05) is 3.57 Å². The summed E-state index contributed by atoms with van der Waals surface area (Å²) in [5, 5.41) is 18.6. The minimum atomic E-state index is 0.387. The first-order chi connectivity index (χ1) is 11.7. The van der Waals surface area contributed by atoms with Crippen molar-refractivity contribution in [1.82, 2.24) is 14.9 Å². The van der Waals surface area contributed by atoms with Crippen molar-refractivity contribution in [2.24, 2.45) is 0 Å². The van der Waals surface area contributed by atoms with Crippen LogP contribution < -0.4 is 5.01 Å². The lowest BCUT2D eigenvalue weighted by Gasteiger charge is -2.25. The van der Waals surface area contributed by atoms with Crippen LogP contribution in [0.1, 0.15) is 12.0 Å². The third-order valence-corrected chi connectivity index (χ3v) is 3.97. The number of hydrogen-bond donors (Lipinski definition) is 0. The van der Waals surface area contributed by atoms with Crippen molar-refractivity contribution in [2.45, 2.75) is 13.0 Å². The van der Waals surface area contributed by atoms with Gasteiger partial charge in [-0.2, -0.15) is 5.26 Å². The van der Waals surface area contributed by atoms with Gasteiger partial charge in [0.1, 0.15) is 12.7 Å². The molecule has 0 atom stereocenters. The summed E-state index contributed by atoms with van der Waals surface area (Å²) >= 11 is 2.30. The average Bonchev–Trinajstić information content (AvgIpc) is 3.11. The second-order valence-electron chi connectivity index (χ2n) is 5.03. The van der Waals surface area contributed by atoms with Gasteiger partial charge >= 0.3 is 0 Å². The molecule has 0 saturated carbocycles. The quantitative estimate of drug-likeness (QED) is 0.474. The lowest BCUT2D eigenvalue weighted by molar-refractivity contribution is 0.607. The lowest BCUT2D eigenvalue weighted by Crippen LogP contribution is -2.34. The second-order valence-corrected chi connectivity index (χ2v) is 6.28. The van der Waals surface area contributed by atoms with E-state index in [2.05, 4.69) is 74.7 Å². The standard InChI is InChI=1S/C18H18IN5/c1-2-5-16(6-3-4-11-20)12-23(24-14-21-22-15-24)13-17-7-9-18(19)10-8-17/h2-3,5-10,14-15H,1,4,12-13H2/b6-3-,16-5+. The fourth-order valence-corrected chi connectivity index (χ4v) is 2.51. The Labute approximate surface area is 155 Å². The zero-order chi connectivity index (χ0) is 17.2. The Morgan fingerprint density at radius 2 is 2.00 bits per heavy atom. The number of aromatic nitrogens is 3. The van der Waals surface area contributed by atoms with Gasteiger partial charge in [-0.3, -0.25) is 0 Å². The van der Waals surface area contributed by atoms with Crippen molar-refractivity contribution in [3.05, 3.63) is 82.5 Å². The first kappa shape index (κ1) is 17.9. The van der Waals surface area contributed by atoms with E-state index in [4.69, 9.17) is 5.26 Å². The molecule has 0 radical (unpaired) electrons. The van der Waals surface area contributed by atoms with Crippen LogP contribution in [0.4, 0.5) is 0 Å². The maximum Gasteiger partial charge on any atom is 0.139 e. The Balaban J connectivity index is 2.19. The number of allylic oxidation sites excluding steroid dienone is 3. The molecule has 0 fully saturated rings. The topological polar surface area (TPSA) is 57.7 Å². The highest BCUT2D eigenvalue weighted by Gasteiger charge is 2.08. The zero-order valence-electron chi connectivity index (χ0n) is 13.2. The maximum absolute atomic E-state index is 8.69. The van der Waals surface area contributed by atoms with Gasteiger partial charge in [0.25, 0.3) is 0 Å². The fraction of sp³-hybridized carbons (Fsp3) is 0.167. The Kier molecular flexibility index (Phi) is 7.23. The predicted octanol–water partition coefficient (Wildman–Crippen LogP) is 3.60. The van der Waals surface area contributed by atoms with Gasteiger partial charge in [0.05, 0.1) is 25.6 Å². The van der Waals surface area contributed by atoms with Crippen LogP contribution in [0.15, 0.2) is 73.4 Å². The van der Waals surface area contributed by atoms with Crippen LogP contribution in [0.25, 0.3) is 0 Å². The highest BCUT2D eigenvalue weighted by atomic mass is 127. The average molecular weight is 431 g/mol. The van der Waals surface area contributed by atoms with E-state index in [9.17, 15) is 0 Å². The van der Waals surface area contributed by atoms with E-state index in [1.807, 2.05) is 22.9 Å². The molecular formula is C18H18IN5. The normalized spacial score (nSPS) is 11.4. The van der Waals surface area contributed by atoms with Crippen LogP contribution in [-0.2, 0) is 6.54 Å². The van der Waals surface area contributed by atoms with Gasteiger partial charge in [-0.25, -0.2) is 4.68 Å². The third kappa shape index (κ3) is 5.66. The molecule has 2 aromatic rings. The van der Waals surface area contributed by atoms with Crippen LogP contribution in [0.2, 0.25) is 0 Å². The van der Waals surface area contributed by atoms with Crippen molar-refractivity contribution in [3.8, 4) is 6.07 Å². The van der Waals surface area contributed by atoms with Gasteiger partial charge in [0.15, 0.2) is 0 Å². The molecule has 122 valence electrons. The van der Waals surface area contributed by atoms with Crippen molar-refractivity contribution in [2.75, 3.05) is 11.6 Å². The van der Waals surface area contributed by atoms with Crippen LogP contribution in [-0.4, -0.2) is 21.4 Å². The number of nitrogens with zero attached hydrogens (tertiary/aromatic N) is 5. The third-order valence-electron chi connectivity index (χ3n) is 3.25. The molecule has 1 aromatic heterocycles. The number of rotatable bonds is 8. The maximum atomic E-state index is 8.69. The molecule has 2 rings (SSSR count). The molecule has 1 heterocycles. The van der Waals surface area contributed by atoms with Crippen molar-refractivity contribution in [1.29, 1.82) is 5.26 Å². The van der Waals surface area contributed by atoms with E-state index >= 15 is 0 Å². The Morgan fingerprint density at radius 3 is 2.62 bits per heavy atom. The summed E-state index contributed by atoms with van der Waals surface area (Å²) in [5.41, 5.74) is 2.25. The van der Waals surface area contributed by atoms with Gasteiger partial charge in [-0.1, -0.05) is 43.0 Å². The van der Waals surface area contributed by atoms with E-state index in [1.165, 1.54) is 9.13 Å². The number of benzene rings is 1. The molecule has 0 amide bonds. The van der Waals surface area contributed by atoms with E-state index in [0.29, 0.717) is 13.0 Å². The highest BCUT2D eigenvalue weighted by molar-refractivity contribution is 14.1.